The van der Waals surface area contributed by atoms with Crippen molar-refractivity contribution in [3.05, 3.63) is 60.8 Å². The number of carbonyl (C=O) groups is 1. The quantitative estimate of drug-likeness (QED) is 0.357. The van der Waals surface area contributed by atoms with Crippen molar-refractivity contribution < 1.29 is 9.53 Å². The minimum absolute atomic E-state index is 0.0733. The van der Waals surface area contributed by atoms with Gasteiger partial charge in [-0.05, 0) is 68.5 Å². The number of nitrogens with zero attached hydrogens (tertiary/aromatic N) is 4. The fourth-order valence-corrected chi connectivity index (χ4v) is 4.60. The third kappa shape index (κ3) is 5.01. The van der Waals surface area contributed by atoms with E-state index in [0.29, 0.717) is 18.1 Å². The lowest BCUT2D eigenvalue weighted by molar-refractivity contribution is -0.123. The Labute approximate surface area is 209 Å². The van der Waals surface area contributed by atoms with Crippen molar-refractivity contribution in [2.45, 2.75) is 57.2 Å². The number of nitrogen functional groups attached to an aromatic ring is 1. The van der Waals surface area contributed by atoms with Crippen LogP contribution in [0.4, 0.5) is 5.82 Å². The Morgan fingerprint density at radius 3 is 2.44 bits per heavy atom. The molecule has 9 nitrogen and oxygen atoms in total. The zero-order valence-corrected chi connectivity index (χ0v) is 20.3. The molecule has 0 spiro atoms. The average Bonchev–Trinajstić information content (AvgIpc) is 3.34. The molecule has 1 saturated carbocycles. The Hall–Kier alpha value is -3.98. The maximum Gasteiger partial charge on any atom is 0.237 e. The van der Waals surface area contributed by atoms with Crippen molar-refractivity contribution in [1.82, 2.24) is 25.1 Å². The van der Waals surface area contributed by atoms with Crippen LogP contribution in [0.1, 0.15) is 45.1 Å². The first-order chi connectivity index (χ1) is 17.5. The topological polar surface area (TPSA) is 134 Å². The van der Waals surface area contributed by atoms with Gasteiger partial charge < -0.3 is 21.5 Å². The number of para-hydroxylation sites is 1. The Morgan fingerprint density at radius 1 is 1.06 bits per heavy atom. The van der Waals surface area contributed by atoms with Crippen molar-refractivity contribution in [2.24, 2.45) is 5.73 Å². The third-order valence-electron chi connectivity index (χ3n) is 6.74. The molecule has 1 aliphatic rings. The van der Waals surface area contributed by atoms with E-state index >= 15 is 0 Å². The Morgan fingerprint density at radius 2 is 1.75 bits per heavy atom. The largest absolute Gasteiger partial charge is 0.457 e. The number of hydrogen-bond acceptors (Lipinski definition) is 7. The highest BCUT2D eigenvalue weighted by atomic mass is 16.5. The van der Waals surface area contributed by atoms with Gasteiger partial charge in [0, 0.05) is 11.6 Å². The van der Waals surface area contributed by atoms with Crippen LogP contribution in [0.2, 0.25) is 0 Å². The summed E-state index contributed by atoms with van der Waals surface area (Å²) in [6, 6.07) is 17.1. The highest BCUT2D eigenvalue weighted by molar-refractivity contribution is 5.87. The maximum absolute atomic E-state index is 12.2. The predicted molar refractivity (Wildman–Crippen MR) is 139 cm³/mol. The first kappa shape index (κ1) is 23.7. The van der Waals surface area contributed by atoms with Gasteiger partial charge in [-0.15, -0.1) is 0 Å². The smallest absolute Gasteiger partial charge is 0.237 e. The molecule has 4 aromatic rings. The summed E-state index contributed by atoms with van der Waals surface area (Å²) in [7, 11) is 0. The van der Waals surface area contributed by atoms with E-state index in [-0.39, 0.29) is 18.0 Å². The minimum Gasteiger partial charge on any atom is -0.457 e. The number of rotatable bonds is 7. The SMILES string of the molecule is CC[C@H](N)C(=O)NC1CCC(n2ncc3c(N)nc(-c4ccc(Oc5ccccc5)cc4)nc32)CC1. The number of anilines is 1. The van der Waals surface area contributed by atoms with Gasteiger partial charge in [-0.3, -0.25) is 4.79 Å². The first-order valence-electron chi connectivity index (χ1n) is 12.4. The second-order valence-electron chi connectivity index (χ2n) is 9.23. The number of aromatic nitrogens is 4. The van der Waals surface area contributed by atoms with Crippen LogP contribution in [0.3, 0.4) is 0 Å². The molecule has 36 heavy (non-hydrogen) atoms. The fourth-order valence-electron chi connectivity index (χ4n) is 4.60. The summed E-state index contributed by atoms with van der Waals surface area (Å²) in [5.74, 6) is 2.38. The van der Waals surface area contributed by atoms with Crippen LogP contribution < -0.4 is 21.5 Å². The van der Waals surface area contributed by atoms with Gasteiger partial charge in [0.2, 0.25) is 5.91 Å². The molecule has 1 amide bonds. The van der Waals surface area contributed by atoms with Crippen LogP contribution in [0, 0.1) is 0 Å². The van der Waals surface area contributed by atoms with Crippen molar-refractivity contribution in [1.29, 1.82) is 0 Å². The fraction of sp³-hybridized carbons (Fsp3) is 0.333. The maximum atomic E-state index is 12.2. The lowest BCUT2D eigenvalue weighted by Crippen LogP contribution is -2.46. The molecule has 5 rings (SSSR count). The molecule has 1 aliphatic carbocycles. The van der Waals surface area contributed by atoms with Crippen LogP contribution in [0.15, 0.2) is 60.8 Å². The van der Waals surface area contributed by atoms with Crippen LogP contribution >= 0.6 is 0 Å². The second-order valence-corrected chi connectivity index (χ2v) is 9.23. The summed E-state index contributed by atoms with van der Waals surface area (Å²) in [6.07, 6.45) is 5.86. The highest BCUT2D eigenvalue weighted by Crippen LogP contribution is 2.32. The number of ether oxygens (including phenoxy) is 1. The van der Waals surface area contributed by atoms with E-state index in [0.717, 1.165) is 53.8 Å². The third-order valence-corrected chi connectivity index (χ3v) is 6.74. The number of benzene rings is 2. The lowest BCUT2D eigenvalue weighted by Gasteiger charge is -2.30. The molecule has 5 N–H and O–H groups in total. The standard InChI is InChI=1S/C27H31N7O2/c1-2-23(28)27(35)31-18-10-12-19(13-11-18)34-26-22(16-30-34)24(29)32-25(33-26)17-8-14-21(15-9-17)36-20-6-4-3-5-7-20/h3-9,14-16,18-19,23H,2,10-13,28H2,1H3,(H,31,35)(H2,29,32,33)/t18?,19?,23-/m0/s1. The van der Waals surface area contributed by atoms with E-state index in [1.807, 2.05) is 66.2 Å². The van der Waals surface area contributed by atoms with E-state index in [9.17, 15) is 4.79 Å². The molecule has 1 atom stereocenters. The van der Waals surface area contributed by atoms with Gasteiger partial charge in [-0.2, -0.15) is 5.10 Å². The first-order valence-corrected chi connectivity index (χ1v) is 12.4. The molecular formula is C27H31N7O2. The van der Waals surface area contributed by atoms with Crippen molar-refractivity contribution in [3.63, 3.8) is 0 Å². The average molecular weight is 486 g/mol. The van der Waals surface area contributed by atoms with E-state index in [4.69, 9.17) is 21.2 Å². The number of nitrogens with one attached hydrogen (secondary N) is 1. The molecule has 2 heterocycles. The van der Waals surface area contributed by atoms with E-state index < -0.39 is 6.04 Å². The molecule has 0 aliphatic heterocycles. The molecule has 0 saturated heterocycles. The molecule has 0 radical (unpaired) electrons. The number of carbonyl (C=O) groups excluding carboxylic acids is 1. The van der Waals surface area contributed by atoms with Gasteiger partial charge in [0.15, 0.2) is 11.5 Å². The molecule has 0 unspecified atom stereocenters. The van der Waals surface area contributed by atoms with Crippen molar-refractivity contribution in [3.8, 4) is 22.9 Å². The van der Waals surface area contributed by atoms with Gasteiger partial charge in [0.05, 0.1) is 23.7 Å². The number of nitrogens with two attached hydrogens (primary N) is 2. The van der Waals surface area contributed by atoms with Crippen LogP contribution in [0.25, 0.3) is 22.4 Å². The summed E-state index contributed by atoms with van der Waals surface area (Å²) >= 11 is 0. The summed E-state index contributed by atoms with van der Waals surface area (Å²) < 4.78 is 7.85. The zero-order chi connectivity index (χ0) is 25.1. The Balaban J connectivity index is 1.32. The summed E-state index contributed by atoms with van der Waals surface area (Å²) in [6.45, 7) is 1.92. The van der Waals surface area contributed by atoms with E-state index in [1.54, 1.807) is 6.20 Å². The van der Waals surface area contributed by atoms with Gasteiger partial charge in [0.25, 0.3) is 0 Å². The molecule has 186 valence electrons. The van der Waals surface area contributed by atoms with E-state index in [2.05, 4.69) is 15.4 Å². The predicted octanol–water partition coefficient (Wildman–Crippen LogP) is 4.21. The summed E-state index contributed by atoms with van der Waals surface area (Å²) in [5, 5.41) is 8.44. The molecule has 0 bridgehead atoms. The molecule has 9 heteroatoms. The normalized spacial score (nSPS) is 18.6. The molecule has 1 fully saturated rings. The lowest BCUT2D eigenvalue weighted by atomic mass is 9.91. The number of hydrogen-bond donors (Lipinski definition) is 3. The minimum atomic E-state index is -0.449. The molecular weight excluding hydrogens is 454 g/mol. The van der Waals surface area contributed by atoms with Gasteiger partial charge in [-0.25, -0.2) is 14.6 Å². The summed E-state index contributed by atoms with van der Waals surface area (Å²) in [5.41, 5.74) is 13.7. The van der Waals surface area contributed by atoms with Gasteiger partial charge in [-0.1, -0.05) is 25.1 Å². The van der Waals surface area contributed by atoms with Crippen molar-refractivity contribution >= 4 is 22.8 Å². The monoisotopic (exact) mass is 485 g/mol. The van der Waals surface area contributed by atoms with E-state index in [1.165, 1.54) is 0 Å². The van der Waals surface area contributed by atoms with Gasteiger partial charge in [0.1, 0.15) is 17.3 Å². The Bertz CT molecular complexity index is 1330. The number of amides is 1. The Kier molecular flexibility index (Phi) is 6.81. The van der Waals surface area contributed by atoms with Crippen LogP contribution in [-0.4, -0.2) is 37.7 Å². The van der Waals surface area contributed by atoms with Crippen molar-refractivity contribution in [2.75, 3.05) is 5.73 Å². The summed E-state index contributed by atoms with van der Waals surface area (Å²) in [4.78, 5) is 21.5. The number of fused-ring (bicyclic) bond motifs is 1. The molecule has 2 aromatic heterocycles. The molecule has 2 aromatic carbocycles. The van der Waals surface area contributed by atoms with Crippen LogP contribution in [-0.2, 0) is 4.79 Å². The zero-order valence-electron chi connectivity index (χ0n) is 20.3. The van der Waals surface area contributed by atoms with Crippen LogP contribution in [0.5, 0.6) is 11.5 Å². The van der Waals surface area contributed by atoms with Gasteiger partial charge >= 0.3 is 0 Å². The second kappa shape index (κ2) is 10.3. The highest BCUT2D eigenvalue weighted by Gasteiger charge is 2.27.